The molecule has 0 unspecified atom stereocenters. The van der Waals surface area contributed by atoms with Crippen molar-refractivity contribution in [2.75, 3.05) is 4.90 Å². The lowest BCUT2D eigenvalue weighted by molar-refractivity contribution is -0.137. The Kier molecular flexibility index (Phi) is 5.25. The molecule has 1 heterocycles. The molecule has 0 aliphatic rings. The van der Waals surface area contributed by atoms with Crippen LogP contribution in [0, 0.1) is 12.7 Å². The van der Waals surface area contributed by atoms with Gasteiger partial charge in [-0.3, -0.25) is 0 Å². The Hall–Kier alpha value is -2.64. The van der Waals surface area contributed by atoms with Crippen molar-refractivity contribution in [2.45, 2.75) is 39.5 Å². The van der Waals surface area contributed by atoms with Crippen molar-refractivity contribution in [3.63, 3.8) is 0 Å². The fourth-order valence-corrected chi connectivity index (χ4v) is 2.22. The first-order chi connectivity index (χ1) is 11.9. The van der Waals surface area contributed by atoms with Gasteiger partial charge in [0.2, 0.25) is 0 Å². The van der Waals surface area contributed by atoms with E-state index in [9.17, 15) is 22.4 Å². The van der Waals surface area contributed by atoms with E-state index in [1.165, 1.54) is 12.3 Å². The summed E-state index contributed by atoms with van der Waals surface area (Å²) in [5.41, 5.74) is -2.62. The number of carbonyl (C=O) groups is 1. The lowest BCUT2D eigenvalue weighted by atomic mass is 10.1. The van der Waals surface area contributed by atoms with Gasteiger partial charge in [-0.05, 0) is 57.5 Å². The van der Waals surface area contributed by atoms with E-state index in [1.807, 2.05) is 0 Å². The average Bonchev–Trinajstić information content (AvgIpc) is 2.46. The Bertz CT molecular complexity index is 814. The van der Waals surface area contributed by atoms with Crippen molar-refractivity contribution >= 4 is 17.6 Å². The molecule has 1 aromatic heterocycles. The van der Waals surface area contributed by atoms with Gasteiger partial charge < -0.3 is 4.74 Å². The fourth-order valence-electron chi connectivity index (χ4n) is 2.22. The summed E-state index contributed by atoms with van der Waals surface area (Å²) in [6, 6.07) is 5.45. The van der Waals surface area contributed by atoms with Gasteiger partial charge in [-0.2, -0.15) is 13.2 Å². The average molecular weight is 370 g/mol. The molecule has 140 valence electrons. The summed E-state index contributed by atoms with van der Waals surface area (Å²) in [5, 5.41) is 0. The molecule has 4 nitrogen and oxygen atoms in total. The molecule has 0 N–H and O–H groups in total. The standard InChI is InChI=1S/C18H18F4N2O2/c1-11-8-9-23-14(10-11)24(16(25)26-17(2,3)4)15-12(18(20,21)22)6-5-7-13(15)19/h5-10H,1-4H3. The number of aryl methyl sites for hydroxylation is 1. The second kappa shape index (κ2) is 6.93. The SMILES string of the molecule is Cc1ccnc(N(C(=O)OC(C)(C)C)c2c(F)cccc2C(F)(F)F)c1. The van der Waals surface area contributed by atoms with Crippen LogP contribution in [0.15, 0.2) is 36.5 Å². The van der Waals surface area contributed by atoms with Crippen LogP contribution >= 0.6 is 0 Å². The number of ether oxygens (including phenoxy) is 1. The van der Waals surface area contributed by atoms with Crippen molar-refractivity contribution in [1.29, 1.82) is 0 Å². The van der Waals surface area contributed by atoms with Gasteiger partial charge in [0.1, 0.15) is 22.9 Å². The number of para-hydroxylation sites is 1. The Balaban J connectivity index is 2.72. The maximum atomic E-state index is 14.4. The summed E-state index contributed by atoms with van der Waals surface area (Å²) in [6.45, 7) is 6.33. The minimum Gasteiger partial charge on any atom is -0.443 e. The highest BCUT2D eigenvalue weighted by Crippen LogP contribution is 2.41. The van der Waals surface area contributed by atoms with Crippen molar-refractivity contribution in [1.82, 2.24) is 4.98 Å². The zero-order valence-electron chi connectivity index (χ0n) is 14.7. The molecule has 8 heteroatoms. The molecule has 1 aromatic carbocycles. The Morgan fingerprint density at radius 1 is 1.15 bits per heavy atom. The summed E-state index contributed by atoms with van der Waals surface area (Å²) in [7, 11) is 0. The van der Waals surface area contributed by atoms with Crippen LogP contribution in [0.5, 0.6) is 0 Å². The maximum Gasteiger partial charge on any atom is 0.420 e. The van der Waals surface area contributed by atoms with Crippen LogP contribution in [0.25, 0.3) is 0 Å². The number of anilines is 2. The van der Waals surface area contributed by atoms with Crippen molar-refractivity contribution in [3.8, 4) is 0 Å². The molecule has 0 spiro atoms. The smallest absolute Gasteiger partial charge is 0.420 e. The second-order valence-electron chi connectivity index (χ2n) is 6.64. The van der Waals surface area contributed by atoms with E-state index in [2.05, 4.69) is 4.98 Å². The summed E-state index contributed by atoms with van der Waals surface area (Å²) >= 11 is 0. The zero-order chi connectivity index (χ0) is 19.7. The number of hydrogen-bond acceptors (Lipinski definition) is 3. The molecule has 0 fully saturated rings. The monoisotopic (exact) mass is 370 g/mol. The van der Waals surface area contributed by atoms with Crippen LogP contribution in [0.2, 0.25) is 0 Å². The van der Waals surface area contributed by atoms with Crippen molar-refractivity contribution in [2.24, 2.45) is 0 Å². The normalized spacial score (nSPS) is 12.0. The van der Waals surface area contributed by atoms with Crippen LogP contribution in [0.4, 0.5) is 33.9 Å². The third-order valence-electron chi connectivity index (χ3n) is 3.22. The van der Waals surface area contributed by atoms with Gasteiger partial charge >= 0.3 is 12.3 Å². The van der Waals surface area contributed by atoms with Gasteiger partial charge in [0.15, 0.2) is 0 Å². The third kappa shape index (κ3) is 4.50. The number of hydrogen-bond donors (Lipinski definition) is 0. The molecule has 2 aromatic rings. The van der Waals surface area contributed by atoms with Crippen LogP contribution in [0.1, 0.15) is 31.9 Å². The number of alkyl halides is 3. The molecular formula is C18H18F4N2O2. The van der Waals surface area contributed by atoms with E-state index in [1.54, 1.807) is 33.8 Å². The summed E-state index contributed by atoms with van der Waals surface area (Å²) in [4.78, 5) is 17.1. The molecule has 0 saturated heterocycles. The van der Waals surface area contributed by atoms with Crippen molar-refractivity contribution < 1.29 is 27.1 Å². The first-order valence-electron chi connectivity index (χ1n) is 7.71. The van der Waals surface area contributed by atoms with Gasteiger partial charge in [0.25, 0.3) is 0 Å². The molecule has 2 rings (SSSR count). The van der Waals surface area contributed by atoms with E-state index in [0.29, 0.717) is 16.5 Å². The lowest BCUT2D eigenvalue weighted by Crippen LogP contribution is -2.36. The summed E-state index contributed by atoms with van der Waals surface area (Å²) < 4.78 is 59.9. The number of benzene rings is 1. The first kappa shape index (κ1) is 19.7. The Morgan fingerprint density at radius 3 is 2.35 bits per heavy atom. The van der Waals surface area contributed by atoms with Crippen LogP contribution in [0.3, 0.4) is 0 Å². The molecule has 1 amide bonds. The van der Waals surface area contributed by atoms with Gasteiger partial charge in [-0.25, -0.2) is 19.1 Å². The Morgan fingerprint density at radius 2 is 1.81 bits per heavy atom. The number of aromatic nitrogens is 1. The van der Waals surface area contributed by atoms with Crippen LogP contribution in [-0.4, -0.2) is 16.7 Å². The van der Waals surface area contributed by atoms with Crippen LogP contribution in [-0.2, 0) is 10.9 Å². The van der Waals surface area contributed by atoms with Gasteiger partial charge in [0, 0.05) is 6.20 Å². The predicted molar refractivity (Wildman–Crippen MR) is 88.7 cm³/mol. The molecular weight excluding hydrogens is 352 g/mol. The number of amides is 1. The highest BCUT2D eigenvalue weighted by atomic mass is 19.4. The van der Waals surface area contributed by atoms with Gasteiger partial charge in [-0.1, -0.05) is 6.07 Å². The van der Waals surface area contributed by atoms with E-state index in [0.717, 1.165) is 12.1 Å². The minimum atomic E-state index is -4.87. The van der Waals surface area contributed by atoms with Crippen LogP contribution < -0.4 is 4.90 Å². The molecule has 0 radical (unpaired) electrons. The number of carbonyl (C=O) groups excluding carboxylic acids is 1. The number of nitrogens with zero attached hydrogens (tertiary/aromatic N) is 2. The quantitative estimate of drug-likeness (QED) is 0.644. The number of pyridine rings is 1. The van der Waals surface area contributed by atoms with E-state index < -0.39 is 34.9 Å². The summed E-state index contributed by atoms with van der Waals surface area (Å²) in [6.07, 6.45) is -4.72. The minimum absolute atomic E-state index is 0.171. The highest BCUT2D eigenvalue weighted by Gasteiger charge is 2.39. The van der Waals surface area contributed by atoms with Gasteiger partial charge in [-0.15, -0.1) is 0 Å². The topological polar surface area (TPSA) is 42.4 Å². The third-order valence-corrected chi connectivity index (χ3v) is 3.22. The predicted octanol–water partition coefficient (Wildman–Crippen LogP) is 5.62. The Labute approximate surface area is 148 Å². The fraction of sp³-hybridized carbons (Fsp3) is 0.333. The molecule has 0 aliphatic carbocycles. The lowest BCUT2D eigenvalue weighted by Gasteiger charge is -2.28. The summed E-state index contributed by atoms with van der Waals surface area (Å²) in [5.74, 6) is -1.39. The molecule has 0 saturated carbocycles. The van der Waals surface area contributed by atoms with Gasteiger partial charge in [0.05, 0.1) is 5.56 Å². The molecule has 0 bridgehead atoms. The molecule has 0 atom stereocenters. The second-order valence-corrected chi connectivity index (χ2v) is 6.64. The van der Waals surface area contributed by atoms with E-state index >= 15 is 0 Å². The first-order valence-corrected chi connectivity index (χ1v) is 7.71. The van der Waals surface area contributed by atoms with E-state index in [-0.39, 0.29) is 5.82 Å². The zero-order valence-corrected chi connectivity index (χ0v) is 14.7. The highest BCUT2D eigenvalue weighted by molar-refractivity contribution is 5.96. The number of halogens is 4. The molecule has 0 aliphatic heterocycles. The number of rotatable bonds is 2. The molecule has 26 heavy (non-hydrogen) atoms. The maximum absolute atomic E-state index is 14.4. The van der Waals surface area contributed by atoms with Crippen molar-refractivity contribution in [3.05, 3.63) is 53.5 Å². The largest absolute Gasteiger partial charge is 0.443 e. The van der Waals surface area contributed by atoms with E-state index in [4.69, 9.17) is 4.74 Å².